The summed E-state index contributed by atoms with van der Waals surface area (Å²) >= 11 is 0. The lowest BCUT2D eigenvalue weighted by molar-refractivity contribution is -0.130. The lowest BCUT2D eigenvalue weighted by Gasteiger charge is -2.23. The molecule has 2 fully saturated rings. The van der Waals surface area contributed by atoms with Gasteiger partial charge in [0.25, 0.3) is 0 Å². The summed E-state index contributed by atoms with van der Waals surface area (Å²) in [6, 6.07) is 0.354. The summed E-state index contributed by atoms with van der Waals surface area (Å²) in [4.78, 5) is 25.7. The summed E-state index contributed by atoms with van der Waals surface area (Å²) in [5.74, 6) is -0.235. The molecule has 1 unspecified atom stereocenters. The molecule has 102 valence electrons. The van der Waals surface area contributed by atoms with Crippen molar-refractivity contribution in [1.82, 2.24) is 10.2 Å². The molecule has 2 amide bonds. The lowest BCUT2D eigenvalue weighted by Crippen LogP contribution is -2.38. The monoisotopic (exact) mass is 254 g/mol. The molecule has 2 aliphatic rings. The van der Waals surface area contributed by atoms with E-state index in [1.165, 1.54) is 12.8 Å². The minimum absolute atomic E-state index is 0.107. The van der Waals surface area contributed by atoms with E-state index >= 15 is 0 Å². The van der Waals surface area contributed by atoms with Crippen LogP contribution in [0, 0.1) is 5.92 Å². The van der Waals surface area contributed by atoms with Crippen LogP contribution in [0.1, 0.15) is 39.0 Å². The first kappa shape index (κ1) is 13.3. The highest BCUT2D eigenvalue weighted by Crippen LogP contribution is 2.29. The molecule has 1 aliphatic carbocycles. The van der Waals surface area contributed by atoms with Crippen molar-refractivity contribution in [3.63, 3.8) is 0 Å². The molecule has 2 atom stereocenters. The van der Waals surface area contributed by atoms with Crippen LogP contribution in [-0.4, -0.2) is 47.1 Å². The number of carbonyl (C=O) groups is 2. The molecule has 1 heterocycles. The van der Waals surface area contributed by atoms with E-state index in [4.69, 9.17) is 5.11 Å². The molecule has 0 aromatic carbocycles. The topological polar surface area (TPSA) is 69.6 Å². The first-order chi connectivity index (χ1) is 8.58. The third-order valence-electron chi connectivity index (χ3n) is 3.87. The van der Waals surface area contributed by atoms with E-state index in [-0.39, 0.29) is 24.3 Å². The summed E-state index contributed by atoms with van der Waals surface area (Å²) < 4.78 is 0. The van der Waals surface area contributed by atoms with Gasteiger partial charge in [-0.1, -0.05) is 12.8 Å². The molecule has 0 aromatic heterocycles. The van der Waals surface area contributed by atoms with Gasteiger partial charge < -0.3 is 15.3 Å². The summed E-state index contributed by atoms with van der Waals surface area (Å²) in [6.07, 6.45) is 4.31. The molecule has 1 aliphatic heterocycles. The highest BCUT2D eigenvalue weighted by Gasteiger charge is 2.38. The molecule has 1 saturated heterocycles. The molecular formula is C13H22N2O3. The molecule has 0 spiro atoms. The number of hydrogen-bond acceptors (Lipinski definition) is 3. The summed E-state index contributed by atoms with van der Waals surface area (Å²) in [7, 11) is 0. The van der Waals surface area contributed by atoms with Gasteiger partial charge in [-0.25, -0.2) is 0 Å². The maximum absolute atomic E-state index is 11.9. The SMILES string of the molecule is C[C@H](O)CNC(=O)C1CC(=O)N(C2CCCC2)C1. The molecule has 2 N–H and O–H groups in total. The maximum Gasteiger partial charge on any atom is 0.225 e. The van der Waals surface area contributed by atoms with E-state index < -0.39 is 6.10 Å². The van der Waals surface area contributed by atoms with Crippen molar-refractivity contribution in [1.29, 1.82) is 0 Å². The number of likely N-dealkylation sites (tertiary alicyclic amines) is 1. The van der Waals surface area contributed by atoms with E-state index in [1.807, 2.05) is 4.90 Å². The quantitative estimate of drug-likeness (QED) is 0.757. The molecule has 0 bridgehead atoms. The van der Waals surface area contributed by atoms with E-state index in [1.54, 1.807) is 6.92 Å². The summed E-state index contributed by atoms with van der Waals surface area (Å²) in [5, 5.41) is 11.8. The fourth-order valence-corrected chi connectivity index (χ4v) is 2.87. The van der Waals surface area contributed by atoms with Gasteiger partial charge in [0.1, 0.15) is 0 Å². The Morgan fingerprint density at radius 2 is 2.17 bits per heavy atom. The number of carbonyl (C=O) groups excluding carboxylic acids is 2. The van der Waals surface area contributed by atoms with Gasteiger partial charge >= 0.3 is 0 Å². The average Bonchev–Trinajstić information content (AvgIpc) is 2.94. The van der Waals surface area contributed by atoms with Gasteiger partial charge in [0.15, 0.2) is 0 Å². The van der Waals surface area contributed by atoms with Crippen molar-refractivity contribution < 1.29 is 14.7 Å². The Kier molecular flexibility index (Phi) is 4.22. The van der Waals surface area contributed by atoms with Gasteiger partial charge in [0.05, 0.1) is 12.0 Å². The van der Waals surface area contributed by atoms with Crippen LogP contribution >= 0.6 is 0 Å². The van der Waals surface area contributed by atoms with Crippen LogP contribution in [0.25, 0.3) is 0 Å². The van der Waals surface area contributed by atoms with Crippen LogP contribution in [0.4, 0.5) is 0 Å². The summed E-state index contributed by atoms with van der Waals surface area (Å²) in [6.45, 7) is 2.44. The molecule has 0 radical (unpaired) electrons. The predicted octanol–water partition coefficient (Wildman–Crippen LogP) is 0.274. The number of rotatable bonds is 4. The first-order valence-corrected chi connectivity index (χ1v) is 6.83. The van der Waals surface area contributed by atoms with Gasteiger partial charge in [0, 0.05) is 25.6 Å². The Morgan fingerprint density at radius 1 is 1.50 bits per heavy atom. The molecule has 0 aromatic rings. The molecule has 18 heavy (non-hydrogen) atoms. The van der Waals surface area contributed by atoms with Crippen LogP contribution in [0.5, 0.6) is 0 Å². The molecule has 2 rings (SSSR count). The van der Waals surface area contributed by atoms with Crippen molar-refractivity contribution in [3.05, 3.63) is 0 Å². The number of nitrogens with zero attached hydrogens (tertiary/aromatic N) is 1. The second kappa shape index (κ2) is 5.69. The molecule has 5 heteroatoms. The number of aliphatic hydroxyl groups excluding tert-OH is 1. The Hall–Kier alpha value is -1.10. The zero-order chi connectivity index (χ0) is 13.1. The van der Waals surface area contributed by atoms with E-state index in [9.17, 15) is 9.59 Å². The van der Waals surface area contributed by atoms with Crippen molar-refractivity contribution in [2.75, 3.05) is 13.1 Å². The zero-order valence-electron chi connectivity index (χ0n) is 10.9. The Labute approximate surface area is 108 Å². The van der Waals surface area contributed by atoms with E-state index in [0.717, 1.165) is 12.8 Å². The number of amides is 2. The molecule has 1 saturated carbocycles. The van der Waals surface area contributed by atoms with Crippen molar-refractivity contribution in [2.24, 2.45) is 5.92 Å². The van der Waals surface area contributed by atoms with Crippen LogP contribution in [0.3, 0.4) is 0 Å². The number of nitrogens with one attached hydrogen (secondary N) is 1. The van der Waals surface area contributed by atoms with Crippen molar-refractivity contribution in [3.8, 4) is 0 Å². The number of hydrogen-bond donors (Lipinski definition) is 2. The van der Waals surface area contributed by atoms with Gasteiger partial charge in [-0.2, -0.15) is 0 Å². The average molecular weight is 254 g/mol. The molecule has 5 nitrogen and oxygen atoms in total. The molecular weight excluding hydrogens is 232 g/mol. The second-order valence-corrected chi connectivity index (χ2v) is 5.48. The van der Waals surface area contributed by atoms with Gasteiger partial charge in [-0.15, -0.1) is 0 Å². The van der Waals surface area contributed by atoms with Gasteiger partial charge in [-0.3, -0.25) is 9.59 Å². The predicted molar refractivity (Wildman–Crippen MR) is 66.8 cm³/mol. The van der Waals surface area contributed by atoms with Crippen LogP contribution in [0.2, 0.25) is 0 Å². The Balaban J connectivity index is 1.85. The third-order valence-corrected chi connectivity index (χ3v) is 3.87. The standard InChI is InChI=1S/C13H22N2O3/c1-9(16)7-14-13(18)10-6-12(17)15(8-10)11-4-2-3-5-11/h9-11,16H,2-8H2,1H3,(H,14,18)/t9-,10?/m0/s1. The lowest BCUT2D eigenvalue weighted by atomic mass is 10.1. The van der Waals surface area contributed by atoms with E-state index in [2.05, 4.69) is 5.32 Å². The highest BCUT2D eigenvalue weighted by atomic mass is 16.3. The zero-order valence-corrected chi connectivity index (χ0v) is 10.9. The normalized spacial score (nSPS) is 26.7. The summed E-state index contributed by atoms with van der Waals surface area (Å²) in [5.41, 5.74) is 0. The third kappa shape index (κ3) is 3.02. The Bertz CT molecular complexity index is 324. The Morgan fingerprint density at radius 3 is 2.78 bits per heavy atom. The first-order valence-electron chi connectivity index (χ1n) is 6.83. The smallest absolute Gasteiger partial charge is 0.225 e. The van der Waals surface area contributed by atoms with Crippen LogP contribution in [-0.2, 0) is 9.59 Å². The van der Waals surface area contributed by atoms with Crippen LogP contribution < -0.4 is 5.32 Å². The van der Waals surface area contributed by atoms with Crippen molar-refractivity contribution >= 4 is 11.8 Å². The second-order valence-electron chi connectivity index (χ2n) is 5.48. The fraction of sp³-hybridized carbons (Fsp3) is 0.846. The maximum atomic E-state index is 11.9. The van der Waals surface area contributed by atoms with E-state index in [0.29, 0.717) is 19.0 Å². The highest BCUT2D eigenvalue weighted by molar-refractivity contribution is 5.89. The van der Waals surface area contributed by atoms with Gasteiger partial charge in [0.2, 0.25) is 11.8 Å². The fourth-order valence-electron chi connectivity index (χ4n) is 2.87. The largest absolute Gasteiger partial charge is 0.392 e. The number of aliphatic hydroxyl groups is 1. The van der Waals surface area contributed by atoms with Gasteiger partial charge in [-0.05, 0) is 19.8 Å². The minimum Gasteiger partial charge on any atom is -0.392 e. The van der Waals surface area contributed by atoms with Crippen molar-refractivity contribution in [2.45, 2.75) is 51.2 Å². The minimum atomic E-state index is -0.544. The van der Waals surface area contributed by atoms with Crippen LogP contribution in [0.15, 0.2) is 0 Å².